The molecule has 0 aromatic heterocycles. The molecule has 0 heterocycles. The van der Waals surface area contributed by atoms with E-state index in [1.54, 1.807) is 19.1 Å². The Balaban J connectivity index is 3.05. The van der Waals surface area contributed by atoms with E-state index in [2.05, 4.69) is 5.32 Å². The van der Waals surface area contributed by atoms with Crippen molar-refractivity contribution in [1.29, 1.82) is 0 Å². The van der Waals surface area contributed by atoms with E-state index in [1.165, 1.54) is 19.9 Å². The number of carbonyl (C=O) groups is 1. The minimum absolute atomic E-state index is 0.0313. The van der Waals surface area contributed by atoms with E-state index in [0.29, 0.717) is 11.3 Å². The Kier molecular flexibility index (Phi) is 3.36. The monoisotopic (exact) mass is 238 g/mol. The van der Waals surface area contributed by atoms with Crippen LogP contribution in [0.1, 0.15) is 19.4 Å². The molecule has 0 saturated heterocycles. The quantitative estimate of drug-likeness (QED) is 0.619. The number of benzene rings is 1. The summed E-state index contributed by atoms with van der Waals surface area (Å²) in [5, 5.41) is 22.4. The molecular weight excluding hydrogens is 224 g/mol. The van der Waals surface area contributed by atoms with E-state index < -0.39 is 16.4 Å². The van der Waals surface area contributed by atoms with E-state index >= 15 is 0 Å². The predicted molar refractivity (Wildman–Crippen MR) is 63.2 cm³/mol. The van der Waals surface area contributed by atoms with Crippen molar-refractivity contribution in [1.82, 2.24) is 0 Å². The van der Waals surface area contributed by atoms with Crippen molar-refractivity contribution in [2.24, 2.45) is 0 Å². The van der Waals surface area contributed by atoms with Gasteiger partial charge < -0.3 is 10.4 Å². The normalized spacial score (nSPS) is 11.0. The van der Waals surface area contributed by atoms with Crippen LogP contribution in [0.5, 0.6) is 0 Å². The van der Waals surface area contributed by atoms with Crippen LogP contribution in [0.3, 0.4) is 0 Å². The van der Waals surface area contributed by atoms with Gasteiger partial charge in [-0.05, 0) is 26.8 Å². The fourth-order valence-corrected chi connectivity index (χ4v) is 1.30. The van der Waals surface area contributed by atoms with Crippen molar-refractivity contribution in [2.75, 3.05) is 5.32 Å². The maximum absolute atomic E-state index is 10.9. The highest BCUT2D eigenvalue weighted by molar-refractivity contribution is 5.81. The Morgan fingerprint density at radius 1 is 1.47 bits per heavy atom. The maximum atomic E-state index is 10.9. The molecule has 0 atom stereocenters. The fourth-order valence-electron chi connectivity index (χ4n) is 1.30. The van der Waals surface area contributed by atoms with E-state index in [0.717, 1.165) is 0 Å². The van der Waals surface area contributed by atoms with Crippen molar-refractivity contribution >= 4 is 17.3 Å². The van der Waals surface area contributed by atoms with Crippen molar-refractivity contribution in [3.8, 4) is 0 Å². The Morgan fingerprint density at radius 3 is 2.53 bits per heavy atom. The van der Waals surface area contributed by atoms with E-state index in [-0.39, 0.29) is 5.69 Å². The summed E-state index contributed by atoms with van der Waals surface area (Å²) >= 11 is 0. The molecule has 92 valence electrons. The van der Waals surface area contributed by atoms with E-state index in [1.807, 2.05) is 0 Å². The van der Waals surface area contributed by atoms with E-state index in [4.69, 9.17) is 5.11 Å². The van der Waals surface area contributed by atoms with Crippen LogP contribution in [0.25, 0.3) is 0 Å². The zero-order valence-electron chi connectivity index (χ0n) is 9.85. The summed E-state index contributed by atoms with van der Waals surface area (Å²) in [6.45, 7) is 4.60. The lowest BCUT2D eigenvalue weighted by Crippen LogP contribution is -2.39. The number of carboxylic acids is 1. The first-order valence-corrected chi connectivity index (χ1v) is 5.00. The SMILES string of the molecule is Cc1ccc(NC(C)(C)C(=O)O)cc1[N+](=O)[O-]. The molecule has 6 heteroatoms. The number of hydrogen-bond donors (Lipinski definition) is 2. The predicted octanol–water partition coefficient (Wildman–Crippen LogP) is 2.18. The van der Waals surface area contributed by atoms with Crippen molar-refractivity contribution in [2.45, 2.75) is 26.3 Å². The highest BCUT2D eigenvalue weighted by Gasteiger charge is 2.27. The second-order valence-corrected chi connectivity index (χ2v) is 4.31. The summed E-state index contributed by atoms with van der Waals surface area (Å²) in [4.78, 5) is 21.2. The third kappa shape index (κ3) is 2.93. The standard InChI is InChI=1S/C11H14N2O4/c1-7-4-5-8(6-9(7)13(16)17)12-11(2,3)10(14)15/h4-6,12H,1-3H3,(H,14,15). The third-order valence-corrected chi connectivity index (χ3v) is 2.40. The lowest BCUT2D eigenvalue weighted by molar-refractivity contribution is -0.385. The molecule has 1 rings (SSSR count). The molecule has 1 aromatic carbocycles. The molecule has 0 aliphatic carbocycles. The minimum Gasteiger partial charge on any atom is -0.480 e. The van der Waals surface area contributed by atoms with Gasteiger partial charge in [-0.3, -0.25) is 10.1 Å². The molecule has 0 bridgehead atoms. The number of nitrogens with zero attached hydrogens (tertiary/aromatic N) is 1. The molecule has 2 N–H and O–H groups in total. The molecule has 0 spiro atoms. The first-order chi connectivity index (χ1) is 7.74. The number of anilines is 1. The largest absolute Gasteiger partial charge is 0.480 e. The van der Waals surface area contributed by atoms with Crippen LogP contribution in [-0.4, -0.2) is 21.5 Å². The van der Waals surface area contributed by atoms with Crippen LogP contribution >= 0.6 is 0 Å². The molecule has 0 saturated carbocycles. The molecule has 1 aromatic rings. The summed E-state index contributed by atoms with van der Waals surface area (Å²) in [6, 6.07) is 4.53. The first kappa shape index (κ1) is 13.0. The number of hydrogen-bond acceptors (Lipinski definition) is 4. The summed E-state index contributed by atoms with van der Waals surface area (Å²) in [5.41, 5.74) is -0.261. The second-order valence-electron chi connectivity index (χ2n) is 4.31. The summed E-state index contributed by atoms with van der Waals surface area (Å²) < 4.78 is 0. The highest BCUT2D eigenvalue weighted by Crippen LogP contribution is 2.24. The molecule has 0 aliphatic rings. The third-order valence-electron chi connectivity index (χ3n) is 2.40. The van der Waals surface area contributed by atoms with E-state index in [9.17, 15) is 14.9 Å². The zero-order valence-corrected chi connectivity index (χ0v) is 9.85. The molecule has 0 radical (unpaired) electrons. The van der Waals surface area contributed by atoms with Gasteiger partial charge in [-0.1, -0.05) is 6.07 Å². The van der Waals surface area contributed by atoms with Crippen LogP contribution in [0.2, 0.25) is 0 Å². The first-order valence-electron chi connectivity index (χ1n) is 5.00. The van der Waals surface area contributed by atoms with Gasteiger partial charge in [-0.2, -0.15) is 0 Å². The lowest BCUT2D eigenvalue weighted by Gasteiger charge is -2.22. The number of aliphatic carboxylic acids is 1. The van der Waals surface area contributed by atoms with Crippen LogP contribution in [0, 0.1) is 17.0 Å². The van der Waals surface area contributed by atoms with Crippen molar-refractivity contribution < 1.29 is 14.8 Å². The van der Waals surface area contributed by atoms with Crippen LogP contribution in [-0.2, 0) is 4.79 Å². The molecule has 6 nitrogen and oxygen atoms in total. The molecule has 0 unspecified atom stereocenters. The van der Waals surface area contributed by atoms with Gasteiger partial charge in [0.1, 0.15) is 5.54 Å². The minimum atomic E-state index is -1.18. The maximum Gasteiger partial charge on any atom is 0.328 e. The van der Waals surface area contributed by atoms with Gasteiger partial charge in [0.05, 0.1) is 4.92 Å². The van der Waals surface area contributed by atoms with Gasteiger partial charge in [0.15, 0.2) is 0 Å². The highest BCUT2D eigenvalue weighted by atomic mass is 16.6. The second kappa shape index (κ2) is 4.40. The Bertz CT molecular complexity index is 469. The van der Waals surface area contributed by atoms with Gasteiger partial charge >= 0.3 is 5.97 Å². The number of rotatable bonds is 4. The Labute approximate surface area is 98.4 Å². The van der Waals surface area contributed by atoms with Crippen LogP contribution < -0.4 is 5.32 Å². The van der Waals surface area contributed by atoms with Gasteiger partial charge in [-0.15, -0.1) is 0 Å². The number of nitro benzene ring substituents is 1. The van der Waals surface area contributed by atoms with Crippen molar-refractivity contribution in [3.05, 3.63) is 33.9 Å². The zero-order chi connectivity index (χ0) is 13.2. The topological polar surface area (TPSA) is 92.5 Å². The molecule has 17 heavy (non-hydrogen) atoms. The van der Waals surface area contributed by atoms with Gasteiger partial charge in [0.25, 0.3) is 5.69 Å². The number of nitro groups is 1. The average molecular weight is 238 g/mol. The Morgan fingerprint density at radius 2 is 2.06 bits per heavy atom. The smallest absolute Gasteiger partial charge is 0.328 e. The summed E-state index contributed by atoms with van der Waals surface area (Å²) in [5.74, 6) is -1.03. The number of aryl methyl sites for hydroxylation is 1. The number of carboxylic acid groups (broad SMARTS) is 1. The average Bonchev–Trinajstić information content (AvgIpc) is 2.20. The molecule has 0 fully saturated rings. The lowest BCUT2D eigenvalue weighted by atomic mass is 10.1. The number of nitrogens with one attached hydrogen (secondary N) is 1. The van der Waals surface area contributed by atoms with Gasteiger partial charge in [0.2, 0.25) is 0 Å². The molecular formula is C11H14N2O4. The molecule has 0 aliphatic heterocycles. The fraction of sp³-hybridized carbons (Fsp3) is 0.364. The van der Waals surface area contributed by atoms with Crippen molar-refractivity contribution in [3.63, 3.8) is 0 Å². The van der Waals surface area contributed by atoms with Gasteiger partial charge in [0, 0.05) is 17.3 Å². The summed E-state index contributed by atoms with van der Waals surface area (Å²) in [7, 11) is 0. The van der Waals surface area contributed by atoms with Crippen LogP contribution in [0.4, 0.5) is 11.4 Å². The van der Waals surface area contributed by atoms with Gasteiger partial charge in [-0.25, -0.2) is 4.79 Å². The molecule has 0 amide bonds. The van der Waals surface area contributed by atoms with Crippen LogP contribution in [0.15, 0.2) is 18.2 Å². The Hall–Kier alpha value is -2.11. The summed E-state index contributed by atoms with van der Waals surface area (Å²) in [6.07, 6.45) is 0.